The molecule has 0 aliphatic heterocycles. The van der Waals surface area contributed by atoms with E-state index in [0.717, 1.165) is 6.42 Å². The number of carbonyl (C=O) groups excluding carboxylic acids is 2. The molecule has 4 heteroatoms. The second-order valence-corrected chi connectivity index (χ2v) is 6.29. The van der Waals surface area contributed by atoms with E-state index in [2.05, 4.69) is 19.1 Å². The summed E-state index contributed by atoms with van der Waals surface area (Å²) >= 11 is 0. The average molecular weight is 251 g/mol. The summed E-state index contributed by atoms with van der Waals surface area (Å²) in [5.41, 5.74) is -0.574. The molecule has 100 valence electrons. The van der Waals surface area contributed by atoms with Gasteiger partial charge in [-0.05, 0) is 44.9 Å². The Kier molecular flexibility index (Phi) is 3.21. The maximum Gasteiger partial charge on any atom is 0.417 e. The summed E-state index contributed by atoms with van der Waals surface area (Å²) in [6, 6.07) is -0.0488. The number of fused-ring (bicyclic) bond motifs is 2. The second kappa shape index (κ2) is 4.41. The lowest BCUT2D eigenvalue weighted by Crippen LogP contribution is -2.47. The predicted molar refractivity (Wildman–Crippen MR) is 67.8 cm³/mol. The van der Waals surface area contributed by atoms with E-state index in [1.807, 2.05) is 0 Å². The Hall–Kier alpha value is -1.32. The van der Waals surface area contributed by atoms with Crippen molar-refractivity contribution in [2.75, 3.05) is 0 Å². The molecule has 0 N–H and O–H groups in total. The van der Waals surface area contributed by atoms with Crippen molar-refractivity contribution < 1.29 is 14.3 Å². The third-order valence-corrected chi connectivity index (χ3v) is 3.84. The monoisotopic (exact) mass is 251 g/mol. The van der Waals surface area contributed by atoms with Gasteiger partial charge in [0.25, 0.3) is 0 Å². The molecule has 2 amide bonds. The number of amides is 2. The van der Waals surface area contributed by atoms with Gasteiger partial charge in [0.15, 0.2) is 0 Å². The fourth-order valence-electron chi connectivity index (χ4n) is 3.05. The maximum absolute atomic E-state index is 12.0. The Labute approximate surface area is 108 Å². The topological polar surface area (TPSA) is 46.6 Å². The molecule has 2 aliphatic rings. The largest absolute Gasteiger partial charge is 0.443 e. The molecule has 0 heterocycles. The summed E-state index contributed by atoms with van der Waals surface area (Å²) < 4.78 is 5.29. The van der Waals surface area contributed by atoms with Gasteiger partial charge in [-0.3, -0.25) is 4.79 Å². The number of nitrogens with zero attached hydrogens (tertiary/aromatic N) is 1. The molecule has 0 saturated heterocycles. The minimum absolute atomic E-state index is 0.0488. The quantitative estimate of drug-likeness (QED) is 0.560. The van der Waals surface area contributed by atoms with Crippen LogP contribution in [0.15, 0.2) is 12.2 Å². The van der Waals surface area contributed by atoms with E-state index < -0.39 is 11.7 Å². The third-order valence-electron chi connectivity index (χ3n) is 3.84. The first kappa shape index (κ1) is 13.1. The van der Waals surface area contributed by atoms with Crippen LogP contribution in [0, 0.1) is 17.8 Å². The van der Waals surface area contributed by atoms with Gasteiger partial charge < -0.3 is 4.74 Å². The van der Waals surface area contributed by atoms with Gasteiger partial charge in [-0.2, -0.15) is 0 Å². The van der Waals surface area contributed by atoms with Gasteiger partial charge in [0.05, 0.1) is 6.04 Å². The van der Waals surface area contributed by atoms with Crippen LogP contribution in [-0.2, 0) is 9.53 Å². The smallest absolute Gasteiger partial charge is 0.417 e. The number of ether oxygens (including phenoxy) is 1. The summed E-state index contributed by atoms with van der Waals surface area (Å²) in [5, 5.41) is 0. The van der Waals surface area contributed by atoms with E-state index in [4.69, 9.17) is 4.74 Å². The van der Waals surface area contributed by atoms with E-state index in [1.165, 1.54) is 4.90 Å². The van der Waals surface area contributed by atoms with Gasteiger partial charge in [0, 0.05) is 0 Å². The molecule has 4 unspecified atom stereocenters. The Bertz CT molecular complexity index is 383. The molecule has 0 aromatic carbocycles. The van der Waals surface area contributed by atoms with Crippen LogP contribution in [0.1, 0.15) is 34.1 Å². The summed E-state index contributed by atoms with van der Waals surface area (Å²) in [6.07, 6.45) is 5.44. The highest BCUT2D eigenvalue weighted by molar-refractivity contribution is 5.81. The SMILES string of the molecule is CC1C2C=CC(C2)C1N(C=O)C(=O)OC(C)(C)C. The Morgan fingerprint density at radius 2 is 1.94 bits per heavy atom. The number of carbonyl (C=O) groups is 2. The Morgan fingerprint density at radius 1 is 1.33 bits per heavy atom. The van der Waals surface area contributed by atoms with Crippen LogP contribution < -0.4 is 0 Å². The minimum Gasteiger partial charge on any atom is -0.443 e. The second-order valence-electron chi connectivity index (χ2n) is 6.29. The lowest BCUT2D eigenvalue weighted by Gasteiger charge is -2.33. The van der Waals surface area contributed by atoms with Crippen molar-refractivity contribution in [2.45, 2.75) is 45.8 Å². The molecule has 2 aliphatic carbocycles. The zero-order valence-corrected chi connectivity index (χ0v) is 11.4. The van der Waals surface area contributed by atoms with Gasteiger partial charge in [-0.25, -0.2) is 9.69 Å². The Balaban J connectivity index is 2.12. The highest BCUT2D eigenvalue weighted by Crippen LogP contribution is 2.45. The molecular formula is C14H21NO3. The lowest BCUT2D eigenvalue weighted by molar-refractivity contribution is -0.120. The molecule has 2 rings (SSSR count). The molecule has 1 fully saturated rings. The maximum atomic E-state index is 12.0. The van der Waals surface area contributed by atoms with Gasteiger partial charge in [0.2, 0.25) is 6.41 Å². The molecule has 1 saturated carbocycles. The number of imide groups is 1. The van der Waals surface area contributed by atoms with Gasteiger partial charge in [0.1, 0.15) is 5.60 Å². The standard InChI is InChI=1S/C14H21NO3/c1-9-10-5-6-11(7-10)12(9)15(8-16)13(17)18-14(2,3)4/h5-6,8-12H,7H2,1-4H3. The lowest BCUT2D eigenvalue weighted by atomic mass is 9.90. The minimum atomic E-state index is -0.574. The first-order chi connectivity index (χ1) is 8.33. The number of rotatable bonds is 2. The van der Waals surface area contributed by atoms with Crippen LogP contribution >= 0.6 is 0 Å². The van der Waals surface area contributed by atoms with Crippen LogP contribution in [0.5, 0.6) is 0 Å². The van der Waals surface area contributed by atoms with Crippen molar-refractivity contribution >= 4 is 12.5 Å². The van der Waals surface area contributed by atoms with E-state index >= 15 is 0 Å². The van der Waals surface area contributed by atoms with E-state index in [0.29, 0.717) is 24.2 Å². The molecule has 4 atom stereocenters. The van der Waals surface area contributed by atoms with Crippen molar-refractivity contribution in [1.29, 1.82) is 0 Å². The summed E-state index contributed by atoms with van der Waals surface area (Å²) in [7, 11) is 0. The molecule has 0 radical (unpaired) electrons. The molecule has 2 bridgehead atoms. The first-order valence-corrected chi connectivity index (χ1v) is 6.48. The molecule has 0 spiro atoms. The van der Waals surface area contributed by atoms with Gasteiger partial charge >= 0.3 is 6.09 Å². The first-order valence-electron chi connectivity index (χ1n) is 6.48. The highest BCUT2D eigenvalue weighted by atomic mass is 16.6. The molecule has 0 aromatic rings. The number of allylic oxidation sites excluding steroid dienone is 1. The summed E-state index contributed by atoms with van der Waals surface area (Å²) in [6.45, 7) is 7.51. The van der Waals surface area contributed by atoms with Crippen LogP contribution in [-0.4, -0.2) is 29.0 Å². The predicted octanol–water partition coefficient (Wildman–Crippen LogP) is 2.59. The van der Waals surface area contributed by atoms with Crippen molar-refractivity contribution in [1.82, 2.24) is 4.90 Å². The Morgan fingerprint density at radius 3 is 2.39 bits per heavy atom. The normalized spacial score (nSPS) is 33.6. The van der Waals surface area contributed by atoms with E-state index in [-0.39, 0.29) is 6.04 Å². The van der Waals surface area contributed by atoms with Crippen LogP contribution in [0.4, 0.5) is 4.79 Å². The fourth-order valence-corrected chi connectivity index (χ4v) is 3.05. The zero-order valence-electron chi connectivity index (χ0n) is 11.4. The van der Waals surface area contributed by atoms with E-state index in [1.54, 1.807) is 20.8 Å². The summed E-state index contributed by atoms with van der Waals surface area (Å²) in [5.74, 6) is 1.10. The fraction of sp³-hybridized carbons (Fsp3) is 0.714. The zero-order chi connectivity index (χ0) is 13.5. The van der Waals surface area contributed by atoms with Crippen molar-refractivity contribution in [3.8, 4) is 0 Å². The number of hydrogen-bond donors (Lipinski definition) is 0. The average Bonchev–Trinajstić information content (AvgIpc) is 2.79. The van der Waals surface area contributed by atoms with Crippen molar-refractivity contribution in [2.24, 2.45) is 17.8 Å². The van der Waals surface area contributed by atoms with Crippen LogP contribution in [0.25, 0.3) is 0 Å². The summed E-state index contributed by atoms with van der Waals surface area (Å²) in [4.78, 5) is 24.5. The number of hydrogen-bond acceptors (Lipinski definition) is 3. The third kappa shape index (κ3) is 2.28. The van der Waals surface area contributed by atoms with Gasteiger partial charge in [-0.15, -0.1) is 0 Å². The molecule has 18 heavy (non-hydrogen) atoms. The van der Waals surface area contributed by atoms with Crippen LogP contribution in [0.2, 0.25) is 0 Å². The molecule has 0 aromatic heterocycles. The highest BCUT2D eigenvalue weighted by Gasteiger charge is 2.47. The van der Waals surface area contributed by atoms with Gasteiger partial charge in [-0.1, -0.05) is 19.1 Å². The van der Waals surface area contributed by atoms with E-state index in [9.17, 15) is 9.59 Å². The molecular weight excluding hydrogens is 230 g/mol. The molecule has 4 nitrogen and oxygen atoms in total. The van der Waals surface area contributed by atoms with Crippen molar-refractivity contribution in [3.63, 3.8) is 0 Å². The van der Waals surface area contributed by atoms with Crippen LogP contribution in [0.3, 0.4) is 0 Å². The van der Waals surface area contributed by atoms with Crippen molar-refractivity contribution in [3.05, 3.63) is 12.2 Å².